The van der Waals surface area contributed by atoms with Crippen LogP contribution in [-0.4, -0.2) is 18.1 Å². The molecule has 0 N–H and O–H groups in total. The van der Waals surface area contributed by atoms with Crippen molar-refractivity contribution in [3.63, 3.8) is 0 Å². The normalized spacial score (nSPS) is 10.4. The number of carbonyl (C=O) groups is 1. The Hall–Kier alpha value is -1.46. The first-order valence-electron chi connectivity index (χ1n) is 5.06. The summed E-state index contributed by atoms with van der Waals surface area (Å²) in [5, 5.41) is 2.68. The highest BCUT2D eigenvalue weighted by Gasteiger charge is 2.10. The second-order valence-corrected chi connectivity index (χ2v) is 4.85. The Morgan fingerprint density at radius 2 is 2.28 bits per heavy atom. The summed E-state index contributed by atoms with van der Waals surface area (Å²) >= 11 is 7.10. The number of rotatable bonds is 3. The lowest BCUT2D eigenvalue weighted by Gasteiger charge is -1.98. The van der Waals surface area contributed by atoms with Gasteiger partial charge in [0.25, 0.3) is 0 Å². The van der Waals surface area contributed by atoms with Gasteiger partial charge in [-0.3, -0.25) is 4.79 Å². The van der Waals surface area contributed by atoms with Crippen LogP contribution in [0.25, 0.3) is 10.6 Å². The van der Waals surface area contributed by atoms with Crippen LogP contribution in [0.15, 0.2) is 23.6 Å². The van der Waals surface area contributed by atoms with Crippen molar-refractivity contribution in [2.75, 3.05) is 7.11 Å². The Balaban J connectivity index is 2.26. The third-order valence-electron chi connectivity index (χ3n) is 2.21. The van der Waals surface area contributed by atoms with Gasteiger partial charge in [-0.2, -0.15) is 0 Å². The van der Waals surface area contributed by atoms with Crippen LogP contribution in [0.3, 0.4) is 0 Å². The van der Waals surface area contributed by atoms with Crippen LogP contribution < -0.4 is 0 Å². The maximum atomic E-state index is 13.2. The van der Waals surface area contributed by atoms with Crippen LogP contribution >= 0.6 is 22.9 Å². The molecule has 6 heteroatoms. The summed E-state index contributed by atoms with van der Waals surface area (Å²) in [6, 6.07) is 4.21. The van der Waals surface area contributed by atoms with E-state index in [0.29, 0.717) is 21.3 Å². The molecule has 0 unspecified atom stereocenters. The lowest BCUT2D eigenvalue weighted by molar-refractivity contribution is -0.139. The molecule has 1 aromatic carbocycles. The summed E-state index contributed by atoms with van der Waals surface area (Å²) in [7, 11) is 1.32. The predicted octanol–water partition coefficient (Wildman–Crippen LogP) is 3.32. The minimum Gasteiger partial charge on any atom is -0.469 e. The Bertz CT molecular complexity index is 565. The SMILES string of the molecule is COC(=O)Cc1csc(-c2cc(F)cc(Cl)c2)n1. The molecule has 0 saturated heterocycles. The van der Waals surface area contributed by atoms with E-state index < -0.39 is 5.82 Å². The van der Waals surface area contributed by atoms with Gasteiger partial charge in [0, 0.05) is 16.0 Å². The van der Waals surface area contributed by atoms with Crippen molar-refractivity contribution in [2.45, 2.75) is 6.42 Å². The van der Waals surface area contributed by atoms with Crippen LogP contribution in [0, 0.1) is 5.82 Å². The van der Waals surface area contributed by atoms with E-state index in [-0.39, 0.29) is 12.4 Å². The number of ether oxygens (including phenoxy) is 1. The number of aromatic nitrogens is 1. The van der Waals surface area contributed by atoms with Crippen molar-refractivity contribution in [1.29, 1.82) is 0 Å². The fraction of sp³-hybridized carbons (Fsp3) is 0.167. The van der Waals surface area contributed by atoms with Crippen molar-refractivity contribution < 1.29 is 13.9 Å². The van der Waals surface area contributed by atoms with Gasteiger partial charge in [-0.05, 0) is 18.2 Å². The van der Waals surface area contributed by atoms with Gasteiger partial charge in [-0.25, -0.2) is 9.37 Å². The molecule has 0 bridgehead atoms. The summed E-state index contributed by atoms with van der Waals surface area (Å²) < 4.78 is 17.8. The Labute approximate surface area is 112 Å². The van der Waals surface area contributed by atoms with Gasteiger partial charge in [0.15, 0.2) is 0 Å². The highest BCUT2D eigenvalue weighted by Crippen LogP contribution is 2.27. The average molecular weight is 286 g/mol. The first-order chi connectivity index (χ1) is 8.58. The number of benzene rings is 1. The third kappa shape index (κ3) is 3.05. The lowest BCUT2D eigenvalue weighted by atomic mass is 10.2. The largest absolute Gasteiger partial charge is 0.469 e. The van der Waals surface area contributed by atoms with Crippen molar-refractivity contribution in [1.82, 2.24) is 4.98 Å². The van der Waals surface area contributed by atoms with E-state index in [1.807, 2.05) is 0 Å². The van der Waals surface area contributed by atoms with Crippen molar-refractivity contribution >= 4 is 28.9 Å². The number of hydrogen-bond donors (Lipinski definition) is 0. The first kappa shape index (κ1) is 13.0. The van der Waals surface area contributed by atoms with Gasteiger partial charge in [-0.15, -0.1) is 11.3 Å². The smallest absolute Gasteiger partial charge is 0.311 e. The van der Waals surface area contributed by atoms with Crippen molar-refractivity contribution in [3.05, 3.63) is 40.1 Å². The highest BCUT2D eigenvalue weighted by atomic mass is 35.5. The van der Waals surface area contributed by atoms with E-state index in [1.165, 1.54) is 30.6 Å². The van der Waals surface area contributed by atoms with E-state index in [1.54, 1.807) is 11.4 Å². The third-order valence-corrected chi connectivity index (χ3v) is 3.37. The molecule has 1 heterocycles. The molecule has 0 saturated carbocycles. The molecule has 0 aliphatic heterocycles. The van der Waals surface area contributed by atoms with Gasteiger partial charge < -0.3 is 4.74 Å². The molecule has 3 nitrogen and oxygen atoms in total. The minimum atomic E-state index is -0.415. The molecule has 2 rings (SSSR count). The zero-order valence-electron chi connectivity index (χ0n) is 9.44. The molecular formula is C12H9ClFNO2S. The standard InChI is InChI=1S/C12H9ClFNO2S/c1-17-11(16)5-10-6-18-12(15-10)7-2-8(13)4-9(14)3-7/h2-4,6H,5H2,1H3. The van der Waals surface area contributed by atoms with E-state index >= 15 is 0 Å². The van der Waals surface area contributed by atoms with E-state index in [4.69, 9.17) is 11.6 Å². The zero-order chi connectivity index (χ0) is 13.1. The summed E-state index contributed by atoms with van der Waals surface area (Å²) in [5.74, 6) is -0.772. The van der Waals surface area contributed by atoms with Gasteiger partial charge >= 0.3 is 5.97 Å². The minimum absolute atomic E-state index is 0.107. The maximum absolute atomic E-state index is 13.2. The monoisotopic (exact) mass is 285 g/mol. The summed E-state index contributed by atoms with van der Waals surface area (Å²) in [4.78, 5) is 15.3. The fourth-order valence-electron chi connectivity index (χ4n) is 1.42. The Morgan fingerprint density at radius 3 is 2.94 bits per heavy atom. The lowest BCUT2D eigenvalue weighted by Crippen LogP contribution is -2.04. The molecule has 0 amide bonds. The number of thiazole rings is 1. The second kappa shape index (κ2) is 5.46. The van der Waals surface area contributed by atoms with E-state index in [9.17, 15) is 9.18 Å². The summed E-state index contributed by atoms with van der Waals surface area (Å²) in [6.07, 6.45) is 0.107. The molecule has 18 heavy (non-hydrogen) atoms. The molecule has 2 aromatic rings. The predicted molar refractivity (Wildman–Crippen MR) is 68.2 cm³/mol. The van der Waals surface area contributed by atoms with Gasteiger partial charge in [0.1, 0.15) is 10.8 Å². The van der Waals surface area contributed by atoms with Crippen molar-refractivity contribution in [2.24, 2.45) is 0 Å². The highest BCUT2D eigenvalue weighted by molar-refractivity contribution is 7.13. The molecule has 0 radical (unpaired) electrons. The topological polar surface area (TPSA) is 39.2 Å². The van der Waals surface area contributed by atoms with Crippen LogP contribution in [0.1, 0.15) is 5.69 Å². The number of carbonyl (C=O) groups excluding carboxylic acids is 1. The molecule has 94 valence electrons. The zero-order valence-corrected chi connectivity index (χ0v) is 11.0. The number of methoxy groups -OCH3 is 1. The number of nitrogens with zero attached hydrogens (tertiary/aromatic N) is 1. The molecule has 0 spiro atoms. The molecular weight excluding hydrogens is 277 g/mol. The quantitative estimate of drug-likeness (QED) is 0.812. The molecule has 0 fully saturated rings. The van der Waals surface area contributed by atoms with Gasteiger partial charge in [0.2, 0.25) is 0 Å². The fourth-order valence-corrected chi connectivity index (χ4v) is 2.45. The summed E-state index contributed by atoms with van der Waals surface area (Å²) in [5.41, 5.74) is 1.20. The maximum Gasteiger partial charge on any atom is 0.311 e. The Kier molecular flexibility index (Phi) is 3.93. The van der Waals surface area contributed by atoms with E-state index in [2.05, 4.69) is 9.72 Å². The van der Waals surface area contributed by atoms with E-state index in [0.717, 1.165) is 0 Å². The number of halogens is 2. The first-order valence-corrected chi connectivity index (χ1v) is 6.32. The van der Waals surface area contributed by atoms with Crippen LogP contribution in [0.2, 0.25) is 5.02 Å². The average Bonchev–Trinajstić information content (AvgIpc) is 2.76. The molecule has 0 aliphatic rings. The molecule has 0 aliphatic carbocycles. The van der Waals surface area contributed by atoms with Gasteiger partial charge in [-0.1, -0.05) is 11.6 Å². The van der Waals surface area contributed by atoms with Crippen LogP contribution in [0.4, 0.5) is 4.39 Å². The summed E-state index contributed by atoms with van der Waals surface area (Å²) in [6.45, 7) is 0. The number of hydrogen-bond acceptors (Lipinski definition) is 4. The van der Waals surface area contributed by atoms with Crippen LogP contribution in [0.5, 0.6) is 0 Å². The van der Waals surface area contributed by atoms with Crippen molar-refractivity contribution in [3.8, 4) is 10.6 Å². The van der Waals surface area contributed by atoms with Gasteiger partial charge in [0.05, 0.1) is 19.2 Å². The second-order valence-electron chi connectivity index (χ2n) is 3.56. The number of esters is 1. The van der Waals surface area contributed by atoms with Crippen LogP contribution in [-0.2, 0) is 16.0 Å². The molecule has 0 atom stereocenters. The Morgan fingerprint density at radius 1 is 1.50 bits per heavy atom. The molecule has 1 aromatic heterocycles.